The summed E-state index contributed by atoms with van der Waals surface area (Å²) in [5.41, 5.74) is 0.517. The van der Waals surface area contributed by atoms with Crippen molar-refractivity contribution in [3.05, 3.63) is 33.3 Å². The topological polar surface area (TPSA) is 47.3 Å². The largest absolute Gasteiger partial charge is 0.336 e. The smallest absolute Gasteiger partial charge is 0.255 e. The van der Waals surface area contributed by atoms with Crippen molar-refractivity contribution < 1.29 is 4.79 Å². The second-order valence-electron chi connectivity index (χ2n) is 4.73. The molecule has 20 heavy (non-hydrogen) atoms. The van der Waals surface area contributed by atoms with Crippen LogP contribution < -0.4 is 0 Å². The lowest BCUT2D eigenvalue weighted by Crippen LogP contribution is -2.51. The van der Waals surface area contributed by atoms with Gasteiger partial charge in [0.25, 0.3) is 5.91 Å². The molecule has 2 rings (SSSR count). The Labute approximate surface area is 132 Å². The number of halogens is 2. The Morgan fingerprint density at radius 3 is 2.65 bits per heavy atom. The van der Waals surface area contributed by atoms with Crippen molar-refractivity contribution in [1.82, 2.24) is 9.80 Å². The van der Waals surface area contributed by atoms with Crippen molar-refractivity contribution in [1.29, 1.82) is 5.26 Å². The zero-order valence-electron chi connectivity index (χ0n) is 11.1. The highest BCUT2D eigenvalue weighted by atomic mass is 79.9. The molecule has 0 aliphatic carbocycles. The molecule has 1 saturated heterocycles. The highest BCUT2D eigenvalue weighted by molar-refractivity contribution is 9.10. The second-order valence-corrected chi connectivity index (χ2v) is 5.97. The fourth-order valence-corrected chi connectivity index (χ4v) is 2.81. The second kappa shape index (κ2) is 6.57. The highest BCUT2D eigenvalue weighted by Gasteiger charge is 2.25. The number of rotatable bonds is 2. The lowest BCUT2D eigenvalue weighted by atomic mass is 10.1. The van der Waals surface area contributed by atoms with E-state index in [1.807, 2.05) is 13.0 Å². The molecule has 0 saturated carbocycles. The number of hydrogen-bond acceptors (Lipinski definition) is 3. The molecule has 1 aromatic rings. The predicted octanol–water partition coefficient (Wildman–Crippen LogP) is 2.77. The number of hydrogen-bond donors (Lipinski definition) is 0. The maximum absolute atomic E-state index is 12.5. The summed E-state index contributed by atoms with van der Waals surface area (Å²) in [6, 6.07) is 7.46. The number of carbonyl (C=O) groups excluding carboxylic acids is 1. The first-order valence-corrected chi connectivity index (χ1v) is 7.58. The van der Waals surface area contributed by atoms with Crippen LogP contribution in [0, 0.1) is 11.3 Å². The standard InChI is InChI=1S/C14H15BrClN3O/c1-10(9-17)18-5-7-19(8-6-18)14(20)11-3-2-4-12(15)13(11)16/h2-4,10H,5-8H2,1H3. The Kier molecular flexibility index (Phi) is 5.03. The van der Waals surface area contributed by atoms with E-state index < -0.39 is 0 Å². The maximum atomic E-state index is 12.5. The number of benzene rings is 1. The van der Waals surface area contributed by atoms with Gasteiger partial charge in [0.1, 0.15) is 0 Å². The molecule has 0 aromatic heterocycles. The molecule has 1 heterocycles. The van der Waals surface area contributed by atoms with Gasteiger partial charge >= 0.3 is 0 Å². The van der Waals surface area contributed by atoms with Crippen LogP contribution in [-0.4, -0.2) is 47.9 Å². The number of piperazine rings is 1. The Morgan fingerprint density at radius 1 is 1.40 bits per heavy atom. The summed E-state index contributed by atoms with van der Waals surface area (Å²) in [5.74, 6) is -0.0550. The van der Waals surface area contributed by atoms with Crippen LogP contribution in [0.1, 0.15) is 17.3 Å². The molecule has 1 unspecified atom stereocenters. The van der Waals surface area contributed by atoms with Gasteiger partial charge in [0.05, 0.1) is 22.7 Å². The van der Waals surface area contributed by atoms with Crippen molar-refractivity contribution in [2.24, 2.45) is 0 Å². The first-order chi connectivity index (χ1) is 9.54. The van der Waals surface area contributed by atoms with Crippen LogP contribution in [0.5, 0.6) is 0 Å². The van der Waals surface area contributed by atoms with Gasteiger partial charge in [0.2, 0.25) is 0 Å². The van der Waals surface area contributed by atoms with Crippen molar-refractivity contribution in [3.63, 3.8) is 0 Å². The van der Waals surface area contributed by atoms with Crippen LogP contribution >= 0.6 is 27.5 Å². The summed E-state index contributed by atoms with van der Waals surface area (Å²) in [4.78, 5) is 16.3. The minimum absolute atomic E-state index is 0.0550. The van der Waals surface area contributed by atoms with E-state index >= 15 is 0 Å². The number of amides is 1. The monoisotopic (exact) mass is 355 g/mol. The molecule has 1 aromatic carbocycles. The molecule has 0 bridgehead atoms. The van der Waals surface area contributed by atoms with Gasteiger partial charge in [0, 0.05) is 30.7 Å². The SMILES string of the molecule is CC(C#N)N1CCN(C(=O)c2cccc(Br)c2Cl)CC1. The van der Waals surface area contributed by atoms with E-state index in [0.717, 1.165) is 4.47 Å². The van der Waals surface area contributed by atoms with Gasteiger partial charge in [-0.15, -0.1) is 0 Å². The molecule has 1 fully saturated rings. The van der Waals surface area contributed by atoms with Gasteiger partial charge in [-0.05, 0) is 35.0 Å². The minimum atomic E-state index is -0.110. The predicted molar refractivity (Wildman–Crippen MR) is 81.7 cm³/mol. The quantitative estimate of drug-likeness (QED) is 0.818. The molecule has 106 valence electrons. The zero-order chi connectivity index (χ0) is 14.7. The first-order valence-electron chi connectivity index (χ1n) is 6.41. The fourth-order valence-electron chi connectivity index (χ4n) is 2.23. The van der Waals surface area contributed by atoms with Gasteiger partial charge in [-0.25, -0.2) is 0 Å². The highest BCUT2D eigenvalue weighted by Crippen LogP contribution is 2.27. The molecule has 1 aliphatic heterocycles. The van der Waals surface area contributed by atoms with E-state index in [4.69, 9.17) is 16.9 Å². The number of nitriles is 1. The van der Waals surface area contributed by atoms with Crippen molar-refractivity contribution in [3.8, 4) is 6.07 Å². The van der Waals surface area contributed by atoms with E-state index in [0.29, 0.717) is 36.8 Å². The van der Waals surface area contributed by atoms with Gasteiger partial charge in [-0.3, -0.25) is 9.69 Å². The Balaban J connectivity index is 2.06. The van der Waals surface area contributed by atoms with Gasteiger partial charge in [0.15, 0.2) is 0 Å². The van der Waals surface area contributed by atoms with Crippen molar-refractivity contribution >= 4 is 33.4 Å². The number of carbonyl (C=O) groups is 1. The minimum Gasteiger partial charge on any atom is -0.336 e. The average molecular weight is 357 g/mol. The molecule has 1 aliphatic rings. The molecular formula is C14H15BrClN3O. The van der Waals surface area contributed by atoms with Crippen LogP contribution in [0.3, 0.4) is 0 Å². The molecular weight excluding hydrogens is 342 g/mol. The summed E-state index contributed by atoms with van der Waals surface area (Å²) in [7, 11) is 0. The molecule has 1 amide bonds. The molecule has 6 heteroatoms. The maximum Gasteiger partial charge on any atom is 0.255 e. The fraction of sp³-hybridized carbons (Fsp3) is 0.429. The molecule has 0 N–H and O–H groups in total. The van der Waals surface area contributed by atoms with Crippen LogP contribution in [0.15, 0.2) is 22.7 Å². The van der Waals surface area contributed by atoms with Gasteiger partial charge in [-0.1, -0.05) is 17.7 Å². The summed E-state index contributed by atoms with van der Waals surface area (Å²) < 4.78 is 0.724. The van der Waals surface area contributed by atoms with Gasteiger partial charge < -0.3 is 4.90 Å². The van der Waals surface area contributed by atoms with Crippen molar-refractivity contribution in [2.75, 3.05) is 26.2 Å². The van der Waals surface area contributed by atoms with Crippen LogP contribution in [0.2, 0.25) is 5.02 Å². The Hall–Kier alpha value is -1.09. The van der Waals surface area contributed by atoms with Crippen molar-refractivity contribution in [2.45, 2.75) is 13.0 Å². The third kappa shape index (κ3) is 3.14. The third-order valence-electron chi connectivity index (χ3n) is 3.52. The Bertz CT molecular complexity index is 550. The Morgan fingerprint density at radius 2 is 2.05 bits per heavy atom. The summed E-state index contributed by atoms with van der Waals surface area (Å²) in [6.07, 6.45) is 0. The third-order valence-corrected chi connectivity index (χ3v) is 4.81. The van der Waals surface area contributed by atoms with E-state index in [9.17, 15) is 4.79 Å². The van der Waals surface area contributed by atoms with Crippen LogP contribution in [0.25, 0.3) is 0 Å². The van der Waals surface area contributed by atoms with E-state index in [2.05, 4.69) is 26.9 Å². The molecule has 0 radical (unpaired) electrons. The lowest BCUT2D eigenvalue weighted by molar-refractivity contribution is 0.0616. The normalized spacial score (nSPS) is 17.6. The van der Waals surface area contributed by atoms with E-state index in [1.54, 1.807) is 17.0 Å². The summed E-state index contributed by atoms with van der Waals surface area (Å²) in [5, 5.41) is 9.36. The lowest BCUT2D eigenvalue weighted by Gasteiger charge is -2.36. The zero-order valence-corrected chi connectivity index (χ0v) is 13.5. The van der Waals surface area contributed by atoms with E-state index in [-0.39, 0.29) is 11.9 Å². The molecule has 4 nitrogen and oxygen atoms in total. The average Bonchev–Trinajstić information content (AvgIpc) is 2.48. The molecule has 0 spiro atoms. The first kappa shape index (κ1) is 15.3. The summed E-state index contributed by atoms with van der Waals surface area (Å²) >= 11 is 9.49. The van der Waals surface area contributed by atoms with Crippen LogP contribution in [-0.2, 0) is 0 Å². The van der Waals surface area contributed by atoms with Gasteiger partial charge in [-0.2, -0.15) is 5.26 Å². The van der Waals surface area contributed by atoms with E-state index in [1.165, 1.54) is 0 Å². The number of nitrogens with zero attached hydrogens (tertiary/aromatic N) is 3. The van der Waals surface area contributed by atoms with Crippen LogP contribution in [0.4, 0.5) is 0 Å². The molecule has 1 atom stereocenters. The summed E-state index contributed by atoms with van der Waals surface area (Å²) in [6.45, 7) is 4.54.